The number of halogens is 1. The van der Waals surface area contributed by atoms with Crippen LogP contribution in [-0.4, -0.2) is 10.9 Å². The molecule has 2 N–H and O–H groups in total. The lowest BCUT2D eigenvalue weighted by Gasteiger charge is -2.13. The number of benzene rings is 3. The molecule has 0 unspecified atom stereocenters. The van der Waals surface area contributed by atoms with Crippen LogP contribution in [0.1, 0.15) is 11.1 Å². The molecule has 4 nitrogen and oxygen atoms in total. The fraction of sp³-hybridized carbons (Fsp3) is 0.0870. The molecule has 0 radical (unpaired) electrons. The van der Waals surface area contributed by atoms with E-state index in [1.165, 1.54) is 0 Å². The molecule has 1 heterocycles. The minimum atomic E-state index is -0.0770. The topological polar surface area (TPSA) is 54.1 Å². The van der Waals surface area contributed by atoms with Crippen molar-refractivity contribution in [2.45, 2.75) is 13.0 Å². The normalized spacial score (nSPS) is 10.8. The number of fused-ring (bicyclic) bond motifs is 1. The third-order valence-corrected chi connectivity index (χ3v) is 5.28. The molecule has 28 heavy (non-hydrogen) atoms. The average Bonchev–Trinajstić information content (AvgIpc) is 3.17. The van der Waals surface area contributed by atoms with Crippen LogP contribution in [0.2, 0.25) is 0 Å². The molecule has 0 bridgehead atoms. The second-order valence-electron chi connectivity index (χ2n) is 6.52. The van der Waals surface area contributed by atoms with E-state index in [1.807, 2.05) is 79.0 Å². The van der Waals surface area contributed by atoms with E-state index in [2.05, 4.69) is 26.2 Å². The molecule has 0 saturated carbocycles. The van der Waals surface area contributed by atoms with Gasteiger partial charge in [0.1, 0.15) is 12.4 Å². The number of aromatic amines is 1. The fourth-order valence-electron chi connectivity index (χ4n) is 3.04. The Morgan fingerprint density at radius 3 is 2.68 bits per heavy atom. The van der Waals surface area contributed by atoms with Crippen molar-refractivity contribution < 1.29 is 9.53 Å². The molecule has 1 aromatic heterocycles. The Bertz CT molecular complexity index is 1110. The Balaban J connectivity index is 1.42. The smallest absolute Gasteiger partial charge is 0.228 e. The van der Waals surface area contributed by atoms with E-state index in [4.69, 9.17) is 4.74 Å². The summed E-state index contributed by atoms with van der Waals surface area (Å²) in [5.74, 6) is 0.612. The molecule has 3 aromatic carbocycles. The molecule has 0 saturated heterocycles. The summed E-state index contributed by atoms with van der Waals surface area (Å²) in [5.41, 5.74) is 3.77. The summed E-state index contributed by atoms with van der Waals surface area (Å²) in [6, 6.07) is 23.6. The van der Waals surface area contributed by atoms with Crippen LogP contribution < -0.4 is 10.1 Å². The van der Waals surface area contributed by atoms with Gasteiger partial charge in [-0.3, -0.25) is 4.79 Å². The van der Waals surface area contributed by atoms with Crippen molar-refractivity contribution >= 4 is 38.4 Å². The Morgan fingerprint density at radius 2 is 1.82 bits per heavy atom. The van der Waals surface area contributed by atoms with Gasteiger partial charge in [0.25, 0.3) is 0 Å². The number of nitrogens with one attached hydrogen (secondary N) is 2. The molecule has 0 aliphatic heterocycles. The summed E-state index contributed by atoms with van der Waals surface area (Å²) in [7, 11) is 0. The van der Waals surface area contributed by atoms with Crippen LogP contribution in [0.3, 0.4) is 0 Å². The van der Waals surface area contributed by atoms with Gasteiger partial charge in [-0.1, -0.05) is 48.5 Å². The molecule has 5 heteroatoms. The Kier molecular flexibility index (Phi) is 5.44. The molecular formula is C23H19BrN2O2. The van der Waals surface area contributed by atoms with Gasteiger partial charge in [0.05, 0.1) is 16.6 Å². The van der Waals surface area contributed by atoms with Crippen LogP contribution in [-0.2, 0) is 17.8 Å². The van der Waals surface area contributed by atoms with E-state index < -0.39 is 0 Å². The van der Waals surface area contributed by atoms with E-state index in [0.717, 1.165) is 26.5 Å². The van der Waals surface area contributed by atoms with Gasteiger partial charge in [0.15, 0.2) is 0 Å². The maximum atomic E-state index is 12.5. The van der Waals surface area contributed by atoms with Gasteiger partial charge in [0, 0.05) is 11.7 Å². The van der Waals surface area contributed by atoms with Gasteiger partial charge in [-0.25, -0.2) is 0 Å². The highest BCUT2D eigenvalue weighted by Crippen LogP contribution is 2.33. The zero-order valence-electron chi connectivity index (χ0n) is 15.1. The number of amides is 1. The first-order valence-electron chi connectivity index (χ1n) is 9.00. The standard InChI is InChI=1S/C23H19BrN2O2/c24-23-19(7-4-8-21(23)28-15-16-5-2-1-3-6-16)26-22(27)14-17-9-10-18-11-12-25-20(18)13-17/h1-13,25H,14-15H2,(H,26,27). The summed E-state index contributed by atoms with van der Waals surface area (Å²) in [6.45, 7) is 0.465. The summed E-state index contributed by atoms with van der Waals surface area (Å²) < 4.78 is 6.64. The summed E-state index contributed by atoms with van der Waals surface area (Å²) >= 11 is 3.55. The number of H-pyrrole nitrogens is 1. The van der Waals surface area contributed by atoms with E-state index in [1.54, 1.807) is 0 Å². The number of aromatic nitrogens is 1. The van der Waals surface area contributed by atoms with Crippen molar-refractivity contribution in [2.24, 2.45) is 0 Å². The zero-order valence-corrected chi connectivity index (χ0v) is 16.7. The first-order chi connectivity index (χ1) is 13.7. The lowest BCUT2D eigenvalue weighted by Crippen LogP contribution is -2.15. The van der Waals surface area contributed by atoms with E-state index in [0.29, 0.717) is 24.5 Å². The van der Waals surface area contributed by atoms with Gasteiger partial charge < -0.3 is 15.0 Å². The molecule has 0 fully saturated rings. The van der Waals surface area contributed by atoms with Crippen molar-refractivity contribution in [2.75, 3.05) is 5.32 Å². The summed E-state index contributed by atoms with van der Waals surface area (Å²) in [4.78, 5) is 15.7. The van der Waals surface area contributed by atoms with Gasteiger partial charge in [0.2, 0.25) is 5.91 Å². The highest BCUT2D eigenvalue weighted by atomic mass is 79.9. The molecule has 0 atom stereocenters. The van der Waals surface area contributed by atoms with Crippen molar-refractivity contribution in [1.29, 1.82) is 0 Å². The van der Waals surface area contributed by atoms with Gasteiger partial charge in [-0.15, -0.1) is 0 Å². The first-order valence-corrected chi connectivity index (χ1v) is 9.79. The number of rotatable bonds is 6. The van der Waals surface area contributed by atoms with Gasteiger partial charge in [-0.05, 0) is 56.7 Å². The highest BCUT2D eigenvalue weighted by Gasteiger charge is 2.11. The number of carbonyl (C=O) groups is 1. The van der Waals surface area contributed by atoms with Crippen molar-refractivity contribution in [3.05, 3.63) is 94.6 Å². The predicted octanol–water partition coefficient (Wildman–Crippen LogP) is 5.69. The van der Waals surface area contributed by atoms with Crippen LogP contribution in [0.5, 0.6) is 5.75 Å². The van der Waals surface area contributed by atoms with Crippen molar-refractivity contribution in [1.82, 2.24) is 4.98 Å². The molecule has 4 rings (SSSR count). The van der Waals surface area contributed by atoms with Crippen LogP contribution in [0.25, 0.3) is 10.9 Å². The second kappa shape index (κ2) is 8.31. The third-order valence-electron chi connectivity index (χ3n) is 4.46. The summed E-state index contributed by atoms with van der Waals surface area (Å²) in [5, 5.41) is 4.10. The van der Waals surface area contributed by atoms with Crippen molar-refractivity contribution in [3.63, 3.8) is 0 Å². The van der Waals surface area contributed by atoms with E-state index in [9.17, 15) is 4.79 Å². The minimum Gasteiger partial charge on any atom is -0.488 e. The fourth-order valence-corrected chi connectivity index (χ4v) is 3.52. The van der Waals surface area contributed by atoms with E-state index >= 15 is 0 Å². The molecule has 1 amide bonds. The molecule has 0 aliphatic carbocycles. The van der Waals surface area contributed by atoms with E-state index in [-0.39, 0.29) is 5.91 Å². The van der Waals surface area contributed by atoms with Crippen LogP contribution in [0.15, 0.2) is 83.5 Å². The van der Waals surface area contributed by atoms with Crippen molar-refractivity contribution in [3.8, 4) is 5.75 Å². The number of hydrogen-bond donors (Lipinski definition) is 2. The minimum absolute atomic E-state index is 0.0770. The number of hydrogen-bond acceptors (Lipinski definition) is 2. The molecular weight excluding hydrogens is 416 g/mol. The summed E-state index contributed by atoms with van der Waals surface area (Å²) in [6.07, 6.45) is 2.20. The third kappa shape index (κ3) is 4.26. The number of carbonyl (C=O) groups excluding carboxylic acids is 1. The second-order valence-corrected chi connectivity index (χ2v) is 7.31. The molecule has 0 aliphatic rings. The molecule has 0 spiro atoms. The van der Waals surface area contributed by atoms with Crippen LogP contribution in [0.4, 0.5) is 5.69 Å². The van der Waals surface area contributed by atoms with Gasteiger partial charge >= 0.3 is 0 Å². The maximum absolute atomic E-state index is 12.5. The lowest BCUT2D eigenvalue weighted by atomic mass is 10.1. The Hall–Kier alpha value is -3.05. The quantitative estimate of drug-likeness (QED) is 0.409. The Morgan fingerprint density at radius 1 is 0.964 bits per heavy atom. The predicted molar refractivity (Wildman–Crippen MR) is 116 cm³/mol. The van der Waals surface area contributed by atoms with Gasteiger partial charge in [-0.2, -0.15) is 0 Å². The zero-order chi connectivity index (χ0) is 19.3. The average molecular weight is 435 g/mol. The monoisotopic (exact) mass is 434 g/mol. The maximum Gasteiger partial charge on any atom is 0.228 e. The number of anilines is 1. The molecule has 4 aromatic rings. The molecule has 140 valence electrons. The SMILES string of the molecule is O=C(Cc1ccc2cc[nH]c2c1)Nc1cccc(OCc2ccccc2)c1Br. The van der Waals surface area contributed by atoms with Crippen LogP contribution in [0, 0.1) is 0 Å². The largest absolute Gasteiger partial charge is 0.488 e. The Labute approximate surface area is 171 Å². The lowest BCUT2D eigenvalue weighted by molar-refractivity contribution is -0.115. The van der Waals surface area contributed by atoms with Crippen LogP contribution >= 0.6 is 15.9 Å². The first kappa shape index (κ1) is 18.3. The number of ether oxygens (including phenoxy) is 1. The highest BCUT2D eigenvalue weighted by molar-refractivity contribution is 9.10.